The van der Waals surface area contributed by atoms with Crippen molar-refractivity contribution in [2.24, 2.45) is 0 Å². The maximum absolute atomic E-state index is 13.8. The van der Waals surface area contributed by atoms with E-state index >= 15 is 0 Å². The highest BCUT2D eigenvalue weighted by atomic mass is 19.2. The number of halogens is 4. The second-order valence-electron chi connectivity index (χ2n) is 6.60. The van der Waals surface area contributed by atoms with Crippen molar-refractivity contribution in [1.82, 2.24) is 9.55 Å². The molecule has 1 heterocycles. The Kier molecular flexibility index (Phi) is 5.22. The number of anilines is 2. The monoisotopic (exact) mass is 391 g/mol. The van der Waals surface area contributed by atoms with Crippen LogP contribution in [0.5, 0.6) is 0 Å². The molecule has 0 fully saturated rings. The predicted octanol–water partition coefficient (Wildman–Crippen LogP) is 4.52. The lowest BCUT2D eigenvalue weighted by Crippen LogP contribution is -2.20. The lowest BCUT2D eigenvalue weighted by atomic mass is 10.1. The summed E-state index contributed by atoms with van der Waals surface area (Å²) in [4.78, 5) is 15.4. The Balaban J connectivity index is 2.04. The quantitative estimate of drug-likeness (QED) is 0.526. The van der Waals surface area contributed by atoms with Crippen LogP contribution in [0, 0.1) is 44.0 Å². The van der Waals surface area contributed by atoms with E-state index in [0.717, 1.165) is 35.0 Å². The molecule has 3 aromatic rings. The molecule has 28 heavy (non-hydrogen) atoms. The van der Waals surface area contributed by atoms with Gasteiger partial charge in [-0.1, -0.05) is 6.07 Å². The first-order chi connectivity index (χ1) is 13.2. The van der Waals surface area contributed by atoms with Crippen LogP contribution in [-0.2, 0) is 6.54 Å². The highest BCUT2D eigenvalue weighted by Crippen LogP contribution is 2.24. The van der Waals surface area contributed by atoms with Crippen molar-refractivity contribution in [3.63, 3.8) is 0 Å². The van der Waals surface area contributed by atoms with Crippen LogP contribution < -0.4 is 10.9 Å². The van der Waals surface area contributed by atoms with Gasteiger partial charge in [0.2, 0.25) is 11.8 Å². The molecule has 1 aromatic heterocycles. The molecule has 0 atom stereocenters. The van der Waals surface area contributed by atoms with Gasteiger partial charge in [0.1, 0.15) is 0 Å². The molecule has 0 radical (unpaired) electrons. The van der Waals surface area contributed by atoms with E-state index in [1.807, 2.05) is 32.9 Å². The van der Waals surface area contributed by atoms with Gasteiger partial charge in [0.05, 0.1) is 6.54 Å². The highest BCUT2D eigenvalue weighted by molar-refractivity contribution is 5.61. The maximum atomic E-state index is 13.8. The van der Waals surface area contributed by atoms with Gasteiger partial charge in [0.15, 0.2) is 17.5 Å². The Hall–Kier alpha value is -3.16. The molecule has 4 nitrogen and oxygen atoms in total. The molecule has 2 aromatic carbocycles. The zero-order valence-corrected chi connectivity index (χ0v) is 15.4. The minimum Gasteiger partial charge on any atom is -0.325 e. The smallest absolute Gasteiger partial charge is 0.310 e. The molecule has 0 aliphatic rings. The van der Waals surface area contributed by atoms with Crippen molar-refractivity contribution in [2.45, 2.75) is 27.3 Å². The van der Waals surface area contributed by atoms with Gasteiger partial charge >= 0.3 is 5.56 Å². The number of benzene rings is 2. The first-order valence-corrected chi connectivity index (χ1v) is 8.41. The Morgan fingerprint density at radius 2 is 1.50 bits per heavy atom. The number of hydrogen-bond donors (Lipinski definition) is 1. The maximum Gasteiger partial charge on any atom is 0.310 e. The van der Waals surface area contributed by atoms with Gasteiger partial charge in [0.25, 0.3) is 0 Å². The predicted molar refractivity (Wildman–Crippen MR) is 97.8 cm³/mol. The van der Waals surface area contributed by atoms with Gasteiger partial charge in [-0.2, -0.15) is 9.37 Å². The average molecular weight is 391 g/mol. The fourth-order valence-corrected chi connectivity index (χ4v) is 2.80. The van der Waals surface area contributed by atoms with E-state index in [2.05, 4.69) is 10.3 Å². The van der Waals surface area contributed by atoms with Crippen LogP contribution in [0.2, 0.25) is 0 Å². The molecule has 0 aliphatic carbocycles. The number of aryl methyl sites for hydroxylation is 3. The third-order valence-electron chi connectivity index (χ3n) is 4.44. The van der Waals surface area contributed by atoms with Crippen molar-refractivity contribution >= 4 is 11.6 Å². The molecule has 0 spiro atoms. The summed E-state index contributed by atoms with van der Waals surface area (Å²) in [5.41, 5.74) is 2.55. The summed E-state index contributed by atoms with van der Waals surface area (Å²) in [6, 6.07) is 5.40. The summed E-state index contributed by atoms with van der Waals surface area (Å²) < 4.78 is 55.1. The topological polar surface area (TPSA) is 46.9 Å². The number of aromatic nitrogens is 2. The van der Waals surface area contributed by atoms with Crippen molar-refractivity contribution in [2.75, 3.05) is 5.32 Å². The van der Waals surface area contributed by atoms with Crippen LogP contribution in [0.3, 0.4) is 0 Å². The van der Waals surface area contributed by atoms with Crippen LogP contribution in [0.1, 0.15) is 22.3 Å². The van der Waals surface area contributed by atoms with E-state index in [4.69, 9.17) is 0 Å². The molecule has 0 bridgehead atoms. The lowest BCUT2D eigenvalue weighted by Gasteiger charge is -2.16. The first-order valence-electron chi connectivity index (χ1n) is 8.41. The van der Waals surface area contributed by atoms with Gasteiger partial charge < -0.3 is 9.88 Å². The summed E-state index contributed by atoms with van der Waals surface area (Å²) in [5.74, 6) is -5.43. The Morgan fingerprint density at radius 1 is 0.893 bits per heavy atom. The number of nitrogens with zero attached hydrogens (tertiary/aromatic N) is 2. The van der Waals surface area contributed by atoms with Crippen molar-refractivity contribution in [3.8, 4) is 0 Å². The van der Waals surface area contributed by atoms with E-state index in [1.165, 1.54) is 4.57 Å². The third kappa shape index (κ3) is 3.90. The number of nitrogens with one attached hydrogen (secondary N) is 1. The van der Waals surface area contributed by atoms with Gasteiger partial charge in [0, 0.05) is 11.9 Å². The van der Waals surface area contributed by atoms with E-state index < -0.39 is 28.8 Å². The fraction of sp³-hybridized carbons (Fsp3) is 0.200. The second kappa shape index (κ2) is 7.46. The summed E-state index contributed by atoms with van der Waals surface area (Å²) in [7, 11) is 0. The van der Waals surface area contributed by atoms with Crippen LogP contribution in [0.15, 0.2) is 35.3 Å². The molecule has 3 rings (SSSR count). The van der Waals surface area contributed by atoms with Crippen LogP contribution in [0.4, 0.5) is 29.2 Å². The molecule has 0 saturated heterocycles. The third-order valence-corrected chi connectivity index (χ3v) is 4.44. The zero-order chi connectivity index (χ0) is 20.6. The SMILES string of the molecule is Cc1cc(C)c(Nc2nc(=O)c(F)cn2Cc2cc(F)c(F)c(F)c2)cc1C. The first kappa shape index (κ1) is 19.6. The Morgan fingerprint density at radius 3 is 2.14 bits per heavy atom. The molecule has 0 saturated carbocycles. The van der Waals surface area contributed by atoms with E-state index in [9.17, 15) is 22.4 Å². The molecule has 146 valence electrons. The van der Waals surface area contributed by atoms with E-state index in [1.54, 1.807) is 0 Å². The fourth-order valence-electron chi connectivity index (χ4n) is 2.80. The lowest BCUT2D eigenvalue weighted by molar-refractivity contribution is 0.444. The largest absolute Gasteiger partial charge is 0.325 e. The summed E-state index contributed by atoms with van der Waals surface area (Å²) >= 11 is 0. The zero-order valence-electron chi connectivity index (χ0n) is 15.4. The van der Waals surface area contributed by atoms with Gasteiger partial charge in [-0.15, -0.1) is 0 Å². The van der Waals surface area contributed by atoms with Crippen LogP contribution in [-0.4, -0.2) is 9.55 Å². The van der Waals surface area contributed by atoms with Crippen molar-refractivity contribution in [3.05, 3.63) is 86.3 Å². The van der Waals surface area contributed by atoms with Gasteiger partial charge in [-0.3, -0.25) is 4.79 Å². The van der Waals surface area contributed by atoms with Crippen molar-refractivity contribution in [1.29, 1.82) is 0 Å². The Bertz CT molecular complexity index is 1100. The van der Waals surface area contributed by atoms with Gasteiger partial charge in [-0.25, -0.2) is 13.2 Å². The minimum absolute atomic E-state index is 0.0112. The number of rotatable bonds is 4. The summed E-state index contributed by atoms with van der Waals surface area (Å²) in [6.07, 6.45) is 0.882. The van der Waals surface area contributed by atoms with E-state index in [0.29, 0.717) is 5.69 Å². The normalized spacial score (nSPS) is 11.0. The molecule has 0 amide bonds. The average Bonchev–Trinajstić information content (AvgIpc) is 2.61. The molecule has 1 N–H and O–H groups in total. The van der Waals surface area contributed by atoms with Crippen LogP contribution in [0.25, 0.3) is 0 Å². The minimum atomic E-state index is -1.59. The summed E-state index contributed by atoms with van der Waals surface area (Å²) in [6.45, 7) is 5.49. The second-order valence-corrected chi connectivity index (χ2v) is 6.60. The highest BCUT2D eigenvalue weighted by Gasteiger charge is 2.14. The Labute approximate surface area is 158 Å². The standard InChI is InChI=1S/C20H17F4N3O/c1-10-4-12(3)17(5-11(10)2)25-20-26-19(28)16(23)9-27(20)8-13-6-14(21)18(24)15(22)7-13/h4-7,9H,8H2,1-3H3,(H,25,26,28). The molecule has 8 heteroatoms. The molecular formula is C20H17F4N3O. The molecule has 0 unspecified atom stereocenters. The van der Waals surface area contributed by atoms with Gasteiger partial charge in [-0.05, 0) is 61.2 Å². The number of hydrogen-bond acceptors (Lipinski definition) is 3. The van der Waals surface area contributed by atoms with E-state index in [-0.39, 0.29) is 18.1 Å². The van der Waals surface area contributed by atoms with Crippen molar-refractivity contribution < 1.29 is 17.6 Å². The molecule has 0 aliphatic heterocycles. The molecular weight excluding hydrogens is 374 g/mol. The van der Waals surface area contributed by atoms with Crippen LogP contribution >= 0.6 is 0 Å². The summed E-state index contributed by atoms with van der Waals surface area (Å²) in [5, 5.41) is 2.96.